The average Bonchev–Trinajstić information content (AvgIpc) is 2.44. The molecule has 0 unspecified atom stereocenters. The molecular formula is C13H17NO4. The molecule has 0 aromatic heterocycles. The van der Waals surface area contributed by atoms with Crippen molar-refractivity contribution in [3.8, 4) is 17.2 Å². The van der Waals surface area contributed by atoms with Gasteiger partial charge >= 0.3 is 0 Å². The number of amides is 1. The van der Waals surface area contributed by atoms with E-state index >= 15 is 0 Å². The maximum Gasteiger partial charge on any atom is 0.210 e. The Morgan fingerprint density at radius 1 is 1.17 bits per heavy atom. The van der Waals surface area contributed by atoms with Crippen molar-refractivity contribution in [3.05, 3.63) is 17.2 Å². The monoisotopic (exact) mass is 251 g/mol. The van der Waals surface area contributed by atoms with Gasteiger partial charge in [0.15, 0.2) is 11.5 Å². The molecule has 5 heteroatoms. The van der Waals surface area contributed by atoms with E-state index < -0.39 is 0 Å². The Hall–Kier alpha value is -1.91. The third-order valence-corrected chi connectivity index (χ3v) is 3.20. The molecule has 0 N–H and O–H groups in total. The summed E-state index contributed by atoms with van der Waals surface area (Å²) in [5, 5.41) is 0. The van der Waals surface area contributed by atoms with Gasteiger partial charge in [0.2, 0.25) is 12.2 Å². The number of hydrogen-bond acceptors (Lipinski definition) is 4. The van der Waals surface area contributed by atoms with E-state index in [-0.39, 0.29) is 0 Å². The summed E-state index contributed by atoms with van der Waals surface area (Å²) in [6, 6.07) is 1.96. The zero-order valence-corrected chi connectivity index (χ0v) is 10.9. The summed E-state index contributed by atoms with van der Waals surface area (Å²) in [5.41, 5.74) is 2.14. The van der Waals surface area contributed by atoms with Crippen LogP contribution in [0.3, 0.4) is 0 Å². The van der Waals surface area contributed by atoms with E-state index in [1.807, 2.05) is 6.07 Å². The summed E-state index contributed by atoms with van der Waals surface area (Å²) in [7, 11) is 4.77. The summed E-state index contributed by atoms with van der Waals surface area (Å²) >= 11 is 0. The van der Waals surface area contributed by atoms with Gasteiger partial charge in [-0.3, -0.25) is 4.79 Å². The molecule has 98 valence electrons. The molecule has 1 aromatic carbocycles. The second-order valence-electron chi connectivity index (χ2n) is 4.11. The van der Waals surface area contributed by atoms with Crippen LogP contribution >= 0.6 is 0 Å². The summed E-state index contributed by atoms with van der Waals surface area (Å²) in [6.07, 6.45) is 1.66. The number of nitrogens with zero attached hydrogens (tertiary/aromatic N) is 1. The molecule has 0 fully saturated rings. The van der Waals surface area contributed by atoms with E-state index in [1.54, 1.807) is 26.2 Å². The van der Waals surface area contributed by atoms with Crippen molar-refractivity contribution in [2.75, 3.05) is 27.9 Å². The smallest absolute Gasteiger partial charge is 0.210 e. The number of fused-ring (bicyclic) bond motifs is 1. The molecule has 0 atom stereocenters. The van der Waals surface area contributed by atoms with E-state index in [4.69, 9.17) is 14.2 Å². The number of benzene rings is 1. The molecule has 0 aliphatic carbocycles. The van der Waals surface area contributed by atoms with Gasteiger partial charge in [-0.15, -0.1) is 0 Å². The Balaban J connectivity index is 2.55. The Kier molecular flexibility index (Phi) is 3.60. The van der Waals surface area contributed by atoms with E-state index in [1.165, 1.54) is 0 Å². The van der Waals surface area contributed by atoms with E-state index in [0.29, 0.717) is 23.8 Å². The highest BCUT2D eigenvalue weighted by Gasteiger charge is 2.24. The minimum absolute atomic E-state index is 0.544. The van der Waals surface area contributed by atoms with Gasteiger partial charge < -0.3 is 19.1 Å². The van der Waals surface area contributed by atoms with Crippen molar-refractivity contribution in [1.29, 1.82) is 0 Å². The lowest BCUT2D eigenvalue weighted by Gasteiger charge is -2.28. The van der Waals surface area contributed by atoms with Crippen LogP contribution < -0.4 is 14.2 Å². The fraction of sp³-hybridized carbons (Fsp3) is 0.462. The van der Waals surface area contributed by atoms with Crippen molar-refractivity contribution >= 4 is 6.41 Å². The van der Waals surface area contributed by atoms with Gasteiger partial charge in [-0.2, -0.15) is 0 Å². The summed E-state index contributed by atoms with van der Waals surface area (Å²) in [6.45, 7) is 1.26. The van der Waals surface area contributed by atoms with Crippen LogP contribution in [0.25, 0.3) is 0 Å². The molecule has 0 radical (unpaired) electrons. The van der Waals surface area contributed by atoms with Gasteiger partial charge in [-0.05, 0) is 18.1 Å². The van der Waals surface area contributed by atoms with Crippen LogP contribution in [-0.4, -0.2) is 39.2 Å². The molecule has 18 heavy (non-hydrogen) atoms. The first-order valence-corrected chi connectivity index (χ1v) is 5.75. The molecule has 0 saturated carbocycles. The standard InChI is InChI=1S/C13H17NO4/c1-16-11-6-9-4-5-14(8-15)7-10(9)12(17-2)13(11)18-3/h6,8H,4-5,7H2,1-3H3. The van der Waals surface area contributed by atoms with Gasteiger partial charge in [-0.1, -0.05) is 0 Å². The van der Waals surface area contributed by atoms with Crippen molar-refractivity contribution in [3.63, 3.8) is 0 Å². The summed E-state index contributed by atoms with van der Waals surface area (Å²) in [4.78, 5) is 12.6. The zero-order valence-electron chi connectivity index (χ0n) is 10.9. The average molecular weight is 251 g/mol. The molecule has 2 rings (SSSR count). The lowest BCUT2D eigenvalue weighted by Crippen LogP contribution is -2.29. The minimum atomic E-state index is 0.544. The Morgan fingerprint density at radius 2 is 1.89 bits per heavy atom. The predicted octanol–water partition coefficient (Wildman–Crippen LogP) is 1.23. The van der Waals surface area contributed by atoms with E-state index in [9.17, 15) is 4.79 Å². The largest absolute Gasteiger partial charge is 0.493 e. The van der Waals surface area contributed by atoms with Gasteiger partial charge in [-0.25, -0.2) is 0 Å². The van der Waals surface area contributed by atoms with Crippen LogP contribution in [-0.2, 0) is 17.8 Å². The Morgan fingerprint density at radius 3 is 2.44 bits per heavy atom. The predicted molar refractivity (Wildman–Crippen MR) is 66.3 cm³/mol. The molecule has 0 bridgehead atoms. The van der Waals surface area contributed by atoms with Crippen molar-refractivity contribution < 1.29 is 19.0 Å². The molecule has 1 aliphatic rings. The van der Waals surface area contributed by atoms with Crippen LogP contribution in [0, 0.1) is 0 Å². The maximum atomic E-state index is 10.9. The molecule has 1 heterocycles. The zero-order chi connectivity index (χ0) is 13.1. The first-order chi connectivity index (χ1) is 8.74. The first kappa shape index (κ1) is 12.5. The molecule has 1 aromatic rings. The Bertz CT molecular complexity index is 459. The maximum absolute atomic E-state index is 10.9. The molecule has 0 saturated heterocycles. The van der Waals surface area contributed by atoms with Crippen LogP contribution in [0.5, 0.6) is 17.2 Å². The highest BCUT2D eigenvalue weighted by Crippen LogP contribution is 2.43. The number of methoxy groups -OCH3 is 3. The second kappa shape index (κ2) is 5.16. The Labute approximate surface area is 106 Å². The highest BCUT2D eigenvalue weighted by molar-refractivity contribution is 5.61. The molecule has 5 nitrogen and oxygen atoms in total. The first-order valence-electron chi connectivity index (χ1n) is 5.75. The van der Waals surface area contributed by atoms with Crippen LogP contribution in [0.2, 0.25) is 0 Å². The lowest BCUT2D eigenvalue weighted by atomic mass is 9.98. The van der Waals surface area contributed by atoms with Gasteiger partial charge in [0.1, 0.15) is 0 Å². The van der Waals surface area contributed by atoms with Gasteiger partial charge in [0.25, 0.3) is 0 Å². The number of carbonyl (C=O) groups is 1. The fourth-order valence-electron chi connectivity index (χ4n) is 2.30. The fourth-order valence-corrected chi connectivity index (χ4v) is 2.30. The molecular weight excluding hydrogens is 234 g/mol. The van der Waals surface area contributed by atoms with Gasteiger partial charge in [0.05, 0.1) is 21.3 Å². The number of ether oxygens (including phenoxy) is 3. The highest BCUT2D eigenvalue weighted by atomic mass is 16.5. The number of hydrogen-bond donors (Lipinski definition) is 0. The van der Waals surface area contributed by atoms with Gasteiger partial charge in [0, 0.05) is 18.7 Å². The summed E-state index contributed by atoms with van der Waals surface area (Å²) in [5.74, 6) is 1.89. The number of carbonyl (C=O) groups excluding carboxylic acids is 1. The van der Waals surface area contributed by atoms with Crippen LogP contribution in [0.1, 0.15) is 11.1 Å². The van der Waals surface area contributed by atoms with E-state index in [0.717, 1.165) is 30.5 Å². The quantitative estimate of drug-likeness (QED) is 0.755. The third-order valence-electron chi connectivity index (χ3n) is 3.20. The SMILES string of the molecule is COc1cc2c(c(OC)c1OC)CN(C=O)CC2. The minimum Gasteiger partial charge on any atom is -0.493 e. The number of rotatable bonds is 4. The molecule has 0 spiro atoms. The van der Waals surface area contributed by atoms with Crippen LogP contribution in [0.15, 0.2) is 6.07 Å². The second-order valence-corrected chi connectivity index (χ2v) is 4.11. The topological polar surface area (TPSA) is 48.0 Å². The lowest BCUT2D eigenvalue weighted by molar-refractivity contribution is -0.118. The molecule has 1 aliphatic heterocycles. The third kappa shape index (κ3) is 1.96. The molecule has 1 amide bonds. The summed E-state index contributed by atoms with van der Waals surface area (Å²) < 4.78 is 16.1. The van der Waals surface area contributed by atoms with E-state index in [2.05, 4.69) is 0 Å². The van der Waals surface area contributed by atoms with Crippen LogP contribution in [0.4, 0.5) is 0 Å². The van der Waals surface area contributed by atoms with Crippen molar-refractivity contribution in [1.82, 2.24) is 4.90 Å². The van der Waals surface area contributed by atoms with Crippen molar-refractivity contribution in [2.24, 2.45) is 0 Å². The van der Waals surface area contributed by atoms with Crippen molar-refractivity contribution in [2.45, 2.75) is 13.0 Å². The normalized spacial score (nSPS) is 13.8.